The van der Waals surface area contributed by atoms with Gasteiger partial charge in [0, 0.05) is 12.1 Å². The normalized spacial score (nSPS) is 10.4. The van der Waals surface area contributed by atoms with E-state index in [1.165, 1.54) is 0 Å². The van der Waals surface area contributed by atoms with Crippen molar-refractivity contribution >= 4 is 0 Å². The van der Waals surface area contributed by atoms with Gasteiger partial charge >= 0.3 is 5.88 Å². The van der Waals surface area contributed by atoms with Crippen LogP contribution in [0.1, 0.15) is 0 Å². The standard InChI is InChI=1S/C11H13N3O3/c1-12-7-8-16-11-10(14(15)17-13-11)9-5-3-2-4-6-9/h2-6,12H,7-8H2,1H3. The van der Waals surface area contributed by atoms with Crippen LogP contribution in [-0.4, -0.2) is 25.4 Å². The van der Waals surface area contributed by atoms with Gasteiger partial charge < -0.3 is 15.3 Å². The number of likely N-dealkylation sites (N-methyl/N-ethyl adjacent to an activating group) is 1. The van der Waals surface area contributed by atoms with Gasteiger partial charge in [-0.25, -0.2) is 0 Å². The van der Waals surface area contributed by atoms with E-state index < -0.39 is 0 Å². The first kappa shape index (κ1) is 11.4. The Kier molecular flexibility index (Phi) is 3.56. The highest BCUT2D eigenvalue weighted by Gasteiger charge is 2.22. The average molecular weight is 235 g/mol. The van der Waals surface area contributed by atoms with Gasteiger partial charge in [-0.05, 0) is 12.0 Å². The van der Waals surface area contributed by atoms with Gasteiger partial charge in [0.2, 0.25) is 0 Å². The fraction of sp³-hybridized carbons (Fsp3) is 0.273. The number of hydrogen-bond acceptors (Lipinski definition) is 5. The minimum absolute atomic E-state index is 0.210. The molecule has 0 radical (unpaired) electrons. The number of ether oxygens (including phenoxy) is 1. The van der Waals surface area contributed by atoms with E-state index in [1.54, 1.807) is 12.1 Å². The topological polar surface area (TPSA) is 74.2 Å². The van der Waals surface area contributed by atoms with Gasteiger partial charge in [-0.3, -0.25) is 4.63 Å². The third-order valence-electron chi connectivity index (χ3n) is 2.22. The SMILES string of the molecule is CNCCOc1no[n+]([O-])c1-c1ccccc1. The Bertz CT molecular complexity index is 470. The fourth-order valence-corrected chi connectivity index (χ4v) is 1.41. The average Bonchev–Trinajstić information content (AvgIpc) is 2.72. The minimum atomic E-state index is 0.210. The number of benzene rings is 1. The lowest BCUT2D eigenvalue weighted by atomic mass is 10.2. The molecular weight excluding hydrogens is 222 g/mol. The monoisotopic (exact) mass is 235 g/mol. The fourth-order valence-electron chi connectivity index (χ4n) is 1.41. The van der Waals surface area contributed by atoms with Crippen molar-refractivity contribution in [2.24, 2.45) is 0 Å². The van der Waals surface area contributed by atoms with Crippen LogP contribution in [0.4, 0.5) is 0 Å². The molecule has 0 fully saturated rings. The summed E-state index contributed by atoms with van der Waals surface area (Å²) >= 11 is 0. The first-order valence-corrected chi connectivity index (χ1v) is 5.25. The molecule has 0 aliphatic rings. The zero-order chi connectivity index (χ0) is 12.1. The van der Waals surface area contributed by atoms with E-state index in [0.717, 1.165) is 0 Å². The van der Waals surface area contributed by atoms with Gasteiger partial charge in [0.25, 0.3) is 5.69 Å². The molecule has 0 saturated heterocycles. The maximum absolute atomic E-state index is 11.5. The van der Waals surface area contributed by atoms with Crippen molar-refractivity contribution in [2.45, 2.75) is 0 Å². The van der Waals surface area contributed by atoms with Gasteiger partial charge in [0.15, 0.2) is 0 Å². The number of nitrogens with zero attached hydrogens (tertiary/aromatic N) is 2. The van der Waals surface area contributed by atoms with Crippen LogP contribution in [0.5, 0.6) is 5.88 Å². The molecule has 1 N–H and O–H groups in total. The largest absolute Gasteiger partial charge is 0.454 e. The lowest BCUT2D eigenvalue weighted by Gasteiger charge is -2.00. The van der Waals surface area contributed by atoms with Crippen LogP contribution in [-0.2, 0) is 0 Å². The smallest absolute Gasteiger partial charge is 0.402 e. The molecule has 1 heterocycles. The summed E-state index contributed by atoms with van der Waals surface area (Å²) < 4.78 is 9.91. The van der Waals surface area contributed by atoms with Crippen molar-refractivity contribution in [1.82, 2.24) is 10.5 Å². The predicted molar refractivity (Wildman–Crippen MR) is 60.3 cm³/mol. The number of hydrogen-bond donors (Lipinski definition) is 1. The molecule has 0 bridgehead atoms. The van der Waals surface area contributed by atoms with E-state index in [4.69, 9.17) is 4.74 Å². The molecule has 0 amide bonds. The summed E-state index contributed by atoms with van der Waals surface area (Å²) in [6.07, 6.45) is 0. The molecule has 0 aliphatic carbocycles. The van der Waals surface area contributed by atoms with Crippen molar-refractivity contribution < 1.29 is 14.3 Å². The number of nitrogens with one attached hydrogen (secondary N) is 1. The van der Waals surface area contributed by atoms with Gasteiger partial charge in [-0.2, -0.15) is 0 Å². The minimum Gasteiger partial charge on any atom is -0.454 e. The Morgan fingerprint density at radius 2 is 2.18 bits per heavy atom. The summed E-state index contributed by atoms with van der Waals surface area (Å²) in [6, 6.07) is 9.13. The first-order chi connectivity index (χ1) is 8.33. The molecule has 0 saturated carbocycles. The van der Waals surface area contributed by atoms with Crippen molar-refractivity contribution in [1.29, 1.82) is 0 Å². The molecule has 0 atom stereocenters. The second-order valence-electron chi connectivity index (χ2n) is 3.40. The molecule has 90 valence electrons. The van der Waals surface area contributed by atoms with Crippen LogP contribution in [0.3, 0.4) is 0 Å². The van der Waals surface area contributed by atoms with E-state index in [-0.39, 0.29) is 5.88 Å². The quantitative estimate of drug-likeness (QED) is 0.606. The molecule has 1 aromatic carbocycles. The van der Waals surface area contributed by atoms with Crippen molar-refractivity contribution in [3.8, 4) is 17.1 Å². The zero-order valence-corrected chi connectivity index (χ0v) is 9.42. The van der Waals surface area contributed by atoms with Crippen LogP contribution in [0.2, 0.25) is 0 Å². The lowest BCUT2D eigenvalue weighted by molar-refractivity contribution is -0.793. The second-order valence-corrected chi connectivity index (χ2v) is 3.40. The highest BCUT2D eigenvalue weighted by atomic mass is 16.8. The van der Waals surface area contributed by atoms with E-state index in [0.29, 0.717) is 29.3 Å². The summed E-state index contributed by atoms with van der Waals surface area (Å²) in [6.45, 7) is 1.09. The van der Waals surface area contributed by atoms with Crippen LogP contribution in [0.25, 0.3) is 11.3 Å². The van der Waals surface area contributed by atoms with E-state index >= 15 is 0 Å². The van der Waals surface area contributed by atoms with Gasteiger partial charge in [-0.15, -0.1) is 0 Å². The Morgan fingerprint density at radius 3 is 2.88 bits per heavy atom. The van der Waals surface area contributed by atoms with Gasteiger partial charge in [0.1, 0.15) is 6.61 Å². The molecule has 1 aromatic heterocycles. The Balaban J connectivity index is 2.24. The van der Waals surface area contributed by atoms with E-state index in [1.807, 2.05) is 25.2 Å². The Morgan fingerprint density at radius 1 is 1.41 bits per heavy atom. The molecule has 6 heteroatoms. The van der Waals surface area contributed by atoms with Crippen LogP contribution < -0.4 is 15.0 Å². The predicted octanol–water partition coefficient (Wildman–Crippen LogP) is 0.573. The highest BCUT2D eigenvalue weighted by Crippen LogP contribution is 2.24. The molecule has 2 aromatic rings. The van der Waals surface area contributed by atoms with Crippen LogP contribution in [0, 0.1) is 5.21 Å². The maximum atomic E-state index is 11.5. The maximum Gasteiger partial charge on any atom is 0.402 e. The van der Waals surface area contributed by atoms with Gasteiger partial charge in [-0.1, -0.05) is 30.3 Å². The molecular formula is C11H13N3O3. The zero-order valence-electron chi connectivity index (χ0n) is 9.42. The number of aromatic nitrogens is 2. The lowest BCUT2D eigenvalue weighted by Crippen LogP contribution is -2.25. The van der Waals surface area contributed by atoms with E-state index in [9.17, 15) is 5.21 Å². The summed E-state index contributed by atoms with van der Waals surface area (Å²) in [4.78, 5) is 0.351. The van der Waals surface area contributed by atoms with Crippen LogP contribution >= 0.6 is 0 Å². The van der Waals surface area contributed by atoms with Crippen LogP contribution in [0.15, 0.2) is 35.0 Å². The summed E-state index contributed by atoms with van der Waals surface area (Å²) in [5, 5.41) is 18.0. The third-order valence-corrected chi connectivity index (χ3v) is 2.22. The second kappa shape index (κ2) is 5.31. The van der Waals surface area contributed by atoms with Crippen molar-refractivity contribution in [3.63, 3.8) is 0 Å². The molecule has 17 heavy (non-hydrogen) atoms. The Hall–Kier alpha value is -2.08. The third kappa shape index (κ3) is 2.54. The van der Waals surface area contributed by atoms with Crippen molar-refractivity contribution in [2.75, 3.05) is 20.2 Å². The van der Waals surface area contributed by atoms with Gasteiger partial charge in [0.05, 0.1) is 5.16 Å². The molecule has 6 nitrogen and oxygen atoms in total. The first-order valence-electron chi connectivity index (χ1n) is 5.25. The summed E-state index contributed by atoms with van der Waals surface area (Å²) in [5.74, 6) is 0.210. The molecule has 2 rings (SSSR count). The molecule has 0 unspecified atom stereocenters. The van der Waals surface area contributed by atoms with Crippen molar-refractivity contribution in [3.05, 3.63) is 35.5 Å². The molecule has 0 aliphatic heterocycles. The van der Waals surface area contributed by atoms with E-state index in [2.05, 4.69) is 15.1 Å². The Labute approximate surface area is 98.3 Å². The summed E-state index contributed by atoms with van der Waals surface area (Å²) in [7, 11) is 1.82. The molecule has 0 spiro atoms. The number of rotatable bonds is 5. The summed E-state index contributed by atoms with van der Waals surface area (Å²) in [5.41, 5.74) is 1.00. The highest BCUT2D eigenvalue weighted by molar-refractivity contribution is 5.60.